The molecule has 0 aromatic rings. The van der Waals surface area contributed by atoms with Crippen molar-refractivity contribution < 1.29 is 4.74 Å². The third-order valence-corrected chi connectivity index (χ3v) is 1.82. The molecule has 1 unspecified atom stereocenters. The summed E-state index contributed by atoms with van der Waals surface area (Å²) >= 11 is 5.83. The quantitative estimate of drug-likeness (QED) is 0.406. The Balaban J connectivity index is 2.23. The molecule has 1 aliphatic heterocycles. The van der Waals surface area contributed by atoms with E-state index in [0.717, 1.165) is 26.3 Å². The summed E-state index contributed by atoms with van der Waals surface area (Å²) in [4.78, 5) is 2.20. The molecule has 0 N–H and O–H groups in total. The number of hydrogen-bond acceptors (Lipinski definition) is 2. The zero-order valence-corrected chi connectivity index (χ0v) is 6.40. The Morgan fingerprint density at radius 1 is 1.44 bits per heavy atom. The average Bonchev–Trinajstić information content (AvgIpc) is 1.90. The molecule has 54 valence electrons. The number of ether oxygens (including phenoxy) is 1. The Morgan fingerprint density at radius 3 is 2.33 bits per heavy atom. The number of rotatable bonds is 1. The first kappa shape index (κ1) is 7.32. The minimum absolute atomic E-state index is 0.161. The van der Waals surface area contributed by atoms with Crippen LogP contribution >= 0.6 is 11.6 Å². The summed E-state index contributed by atoms with van der Waals surface area (Å²) in [5.74, 6) is 0. The second-order valence-electron chi connectivity index (χ2n) is 2.22. The van der Waals surface area contributed by atoms with Crippen LogP contribution in [0.2, 0.25) is 0 Å². The first-order valence-electron chi connectivity index (χ1n) is 3.26. The van der Waals surface area contributed by atoms with Gasteiger partial charge in [0.15, 0.2) is 0 Å². The number of halogens is 1. The van der Waals surface area contributed by atoms with Gasteiger partial charge >= 0.3 is 0 Å². The van der Waals surface area contributed by atoms with Crippen LogP contribution in [0.5, 0.6) is 0 Å². The SMILES string of the molecule is CC(Cl)N1CCOCC1. The summed E-state index contributed by atoms with van der Waals surface area (Å²) < 4.78 is 5.15. The molecule has 0 aliphatic carbocycles. The predicted octanol–water partition coefficient (Wildman–Crippen LogP) is 0.903. The number of morpholine rings is 1. The van der Waals surface area contributed by atoms with Gasteiger partial charge in [0, 0.05) is 13.1 Å². The van der Waals surface area contributed by atoms with Gasteiger partial charge in [-0.1, -0.05) is 0 Å². The Morgan fingerprint density at radius 2 is 2.00 bits per heavy atom. The van der Waals surface area contributed by atoms with E-state index in [1.165, 1.54) is 0 Å². The van der Waals surface area contributed by atoms with Crippen molar-refractivity contribution in [2.75, 3.05) is 26.3 Å². The lowest BCUT2D eigenvalue weighted by atomic mass is 10.4. The highest BCUT2D eigenvalue weighted by atomic mass is 35.5. The van der Waals surface area contributed by atoms with Crippen molar-refractivity contribution in [2.24, 2.45) is 0 Å². The molecule has 1 heterocycles. The van der Waals surface area contributed by atoms with Gasteiger partial charge in [-0.3, -0.25) is 4.90 Å². The Hall–Kier alpha value is 0.210. The number of nitrogens with zero attached hydrogens (tertiary/aromatic N) is 1. The molecule has 3 heteroatoms. The summed E-state index contributed by atoms with van der Waals surface area (Å²) in [6.07, 6.45) is 0. The fourth-order valence-corrected chi connectivity index (χ4v) is 1.13. The molecule has 0 bridgehead atoms. The highest BCUT2D eigenvalue weighted by molar-refractivity contribution is 6.20. The molecular weight excluding hydrogens is 138 g/mol. The highest BCUT2D eigenvalue weighted by Crippen LogP contribution is 2.05. The topological polar surface area (TPSA) is 12.5 Å². The average molecular weight is 150 g/mol. The zero-order valence-electron chi connectivity index (χ0n) is 5.64. The van der Waals surface area contributed by atoms with E-state index in [2.05, 4.69) is 4.90 Å². The van der Waals surface area contributed by atoms with Crippen LogP contribution in [0.4, 0.5) is 0 Å². The van der Waals surface area contributed by atoms with Crippen LogP contribution in [0, 0.1) is 0 Å². The van der Waals surface area contributed by atoms with Crippen molar-refractivity contribution in [3.05, 3.63) is 0 Å². The van der Waals surface area contributed by atoms with E-state index in [-0.39, 0.29) is 5.50 Å². The molecule has 2 nitrogen and oxygen atoms in total. The summed E-state index contributed by atoms with van der Waals surface area (Å²) in [5.41, 5.74) is 0.161. The van der Waals surface area contributed by atoms with Gasteiger partial charge in [-0.25, -0.2) is 0 Å². The van der Waals surface area contributed by atoms with Crippen LogP contribution in [0.3, 0.4) is 0 Å². The maximum absolute atomic E-state index is 5.83. The standard InChI is InChI=1S/C6H12ClNO/c1-6(7)8-2-4-9-5-3-8/h6H,2-5H2,1H3. The van der Waals surface area contributed by atoms with Gasteiger partial charge in [-0.15, -0.1) is 11.6 Å². The van der Waals surface area contributed by atoms with Crippen molar-refractivity contribution in [3.63, 3.8) is 0 Å². The van der Waals surface area contributed by atoms with Crippen LogP contribution in [0.1, 0.15) is 6.92 Å². The van der Waals surface area contributed by atoms with Crippen LogP contribution in [0.25, 0.3) is 0 Å². The minimum Gasteiger partial charge on any atom is -0.379 e. The van der Waals surface area contributed by atoms with Crippen molar-refractivity contribution in [1.29, 1.82) is 0 Å². The van der Waals surface area contributed by atoms with Crippen LogP contribution < -0.4 is 0 Å². The lowest BCUT2D eigenvalue weighted by Gasteiger charge is -2.28. The van der Waals surface area contributed by atoms with Gasteiger partial charge in [-0.05, 0) is 6.92 Å². The Kier molecular flexibility index (Phi) is 2.76. The van der Waals surface area contributed by atoms with E-state index in [1.807, 2.05) is 6.92 Å². The molecule has 0 spiro atoms. The third kappa shape index (κ3) is 2.12. The fraction of sp³-hybridized carbons (Fsp3) is 1.00. The molecule has 0 amide bonds. The highest BCUT2D eigenvalue weighted by Gasteiger charge is 2.13. The van der Waals surface area contributed by atoms with E-state index >= 15 is 0 Å². The summed E-state index contributed by atoms with van der Waals surface area (Å²) in [7, 11) is 0. The normalized spacial score (nSPS) is 26.0. The number of hydrogen-bond donors (Lipinski definition) is 0. The van der Waals surface area contributed by atoms with Crippen LogP contribution in [-0.2, 0) is 4.74 Å². The smallest absolute Gasteiger partial charge is 0.0823 e. The van der Waals surface area contributed by atoms with Gasteiger partial charge in [0.1, 0.15) is 0 Å². The lowest BCUT2D eigenvalue weighted by Crippen LogP contribution is -2.39. The molecule has 1 rings (SSSR count). The largest absolute Gasteiger partial charge is 0.379 e. The molecule has 0 radical (unpaired) electrons. The molecular formula is C6H12ClNO. The van der Waals surface area contributed by atoms with E-state index in [4.69, 9.17) is 16.3 Å². The molecule has 1 fully saturated rings. The molecule has 0 aromatic carbocycles. The van der Waals surface area contributed by atoms with E-state index in [0.29, 0.717) is 0 Å². The van der Waals surface area contributed by atoms with Crippen molar-refractivity contribution >= 4 is 11.6 Å². The van der Waals surface area contributed by atoms with Crippen LogP contribution in [-0.4, -0.2) is 36.7 Å². The third-order valence-electron chi connectivity index (χ3n) is 1.55. The maximum Gasteiger partial charge on any atom is 0.0823 e. The summed E-state index contributed by atoms with van der Waals surface area (Å²) in [5, 5.41) is 0. The van der Waals surface area contributed by atoms with Crippen LogP contribution in [0.15, 0.2) is 0 Å². The summed E-state index contributed by atoms with van der Waals surface area (Å²) in [6.45, 7) is 5.61. The maximum atomic E-state index is 5.83. The minimum atomic E-state index is 0.161. The molecule has 0 aromatic heterocycles. The number of alkyl halides is 1. The molecule has 1 aliphatic rings. The second kappa shape index (κ2) is 3.40. The van der Waals surface area contributed by atoms with Gasteiger partial charge in [0.25, 0.3) is 0 Å². The lowest BCUT2D eigenvalue weighted by molar-refractivity contribution is 0.0340. The molecule has 9 heavy (non-hydrogen) atoms. The predicted molar refractivity (Wildman–Crippen MR) is 37.7 cm³/mol. The first-order chi connectivity index (χ1) is 4.30. The van der Waals surface area contributed by atoms with Gasteiger partial charge in [0.2, 0.25) is 0 Å². The second-order valence-corrected chi connectivity index (χ2v) is 2.85. The first-order valence-corrected chi connectivity index (χ1v) is 3.70. The fourth-order valence-electron chi connectivity index (χ4n) is 0.933. The van der Waals surface area contributed by atoms with Gasteiger partial charge < -0.3 is 4.74 Å². The van der Waals surface area contributed by atoms with Crippen molar-refractivity contribution in [1.82, 2.24) is 4.90 Å². The molecule has 0 saturated carbocycles. The summed E-state index contributed by atoms with van der Waals surface area (Å²) in [6, 6.07) is 0. The van der Waals surface area contributed by atoms with Gasteiger partial charge in [-0.2, -0.15) is 0 Å². The van der Waals surface area contributed by atoms with Gasteiger partial charge in [0.05, 0.1) is 18.7 Å². The van der Waals surface area contributed by atoms with E-state index in [9.17, 15) is 0 Å². The van der Waals surface area contributed by atoms with E-state index in [1.54, 1.807) is 0 Å². The molecule has 1 atom stereocenters. The van der Waals surface area contributed by atoms with Crippen molar-refractivity contribution in [3.8, 4) is 0 Å². The molecule has 1 saturated heterocycles. The monoisotopic (exact) mass is 149 g/mol. The Bertz CT molecular complexity index is 81.1. The Labute approximate surface area is 60.7 Å². The zero-order chi connectivity index (χ0) is 6.69. The van der Waals surface area contributed by atoms with Crippen molar-refractivity contribution in [2.45, 2.75) is 12.4 Å². The van der Waals surface area contributed by atoms with E-state index < -0.39 is 0 Å².